The van der Waals surface area contributed by atoms with Crippen LogP contribution in [0.1, 0.15) is 28.3 Å². The van der Waals surface area contributed by atoms with Gasteiger partial charge in [-0.15, -0.1) is 0 Å². The number of hydrogen-bond donors (Lipinski definition) is 1. The number of aliphatic hydroxyl groups is 1. The summed E-state index contributed by atoms with van der Waals surface area (Å²) in [6.07, 6.45) is 0.653. The van der Waals surface area contributed by atoms with E-state index in [1.165, 1.54) is 0 Å². The summed E-state index contributed by atoms with van der Waals surface area (Å²) in [5, 5.41) is 9.34. The number of aryl methyl sites for hydroxylation is 2. The molecule has 1 aromatic rings. The number of hydrogen-bond acceptors (Lipinski definition) is 4. The van der Waals surface area contributed by atoms with Crippen LogP contribution in [0.2, 0.25) is 0 Å². The number of rotatable bonds is 3. The average Bonchev–Trinajstić information content (AvgIpc) is 2.91. The molecule has 1 aromatic heterocycles. The Morgan fingerprint density at radius 1 is 1.61 bits per heavy atom. The largest absolute Gasteiger partial charge is 0.456 e. The highest BCUT2D eigenvalue weighted by Crippen LogP contribution is 2.24. The summed E-state index contributed by atoms with van der Waals surface area (Å²) < 4.78 is 10.7. The van der Waals surface area contributed by atoms with Gasteiger partial charge in [0.2, 0.25) is 0 Å². The van der Waals surface area contributed by atoms with Gasteiger partial charge < -0.3 is 19.2 Å². The second-order valence-electron chi connectivity index (χ2n) is 4.76. The minimum atomic E-state index is -0.188. The molecule has 0 bridgehead atoms. The first-order chi connectivity index (χ1) is 8.56. The molecule has 0 unspecified atom stereocenters. The summed E-state index contributed by atoms with van der Waals surface area (Å²) in [5.41, 5.74) is 0.829. The molecule has 1 fully saturated rings. The molecule has 5 nitrogen and oxygen atoms in total. The minimum absolute atomic E-state index is 0.0116. The van der Waals surface area contributed by atoms with Crippen molar-refractivity contribution in [1.82, 2.24) is 4.90 Å². The Bertz CT molecular complexity index is 440. The predicted molar refractivity (Wildman–Crippen MR) is 65.5 cm³/mol. The average molecular weight is 253 g/mol. The van der Waals surface area contributed by atoms with Crippen molar-refractivity contribution in [2.75, 3.05) is 20.3 Å². The smallest absolute Gasteiger partial charge is 0.290 e. The van der Waals surface area contributed by atoms with E-state index >= 15 is 0 Å². The standard InChI is InChI=1S/C13H19NO4/c1-8-4-9(2)18-12(8)13(16)14-6-11(17-3)5-10(14)7-15/h4,10-11,15H,5-7H2,1-3H3/t10-,11-/m0/s1. The predicted octanol–water partition coefficient (Wildman–Crippen LogP) is 1.12. The molecule has 2 atom stereocenters. The van der Waals surface area contributed by atoms with Crippen molar-refractivity contribution < 1.29 is 19.1 Å². The highest BCUT2D eigenvalue weighted by atomic mass is 16.5. The van der Waals surface area contributed by atoms with Crippen LogP contribution < -0.4 is 0 Å². The molecule has 1 amide bonds. The minimum Gasteiger partial charge on any atom is -0.456 e. The molecule has 5 heteroatoms. The number of amides is 1. The second kappa shape index (κ2) is 5.12. The number of carbonyl (C=O) groups is 1. The van der Waals surface area contributed by atoms with E-state index in [1.54, 1.807) is 12.0 Å². The van der Waals surface area contributed by atoms with Crippen LogP contribution in [0.25, 0.3) is 0 Å². The zero-order valence-electron chi connectivity index (χ0n) is 11.0. The maximum atomic E-state index is 12.4. The van der Waals surface area contributed by atoms with Crippen molar-refractivity contribution >= 4 is 5.91 Å². The first-order valence-corrected chi connectivity index (χ1v) is 6.08. The van der Waals surface area contributed by atoms with Crippen LogP contribution in [0.5, 0.6) is 0 Å². The van der Waals surface area contributed by atoms with Crippen LogP contribution in [0.15, 0.2) is 10.5 Å². The molecule has 1 aliphatic rings. The molecule has 1 aliphatic heterocycles. The molecule has 0 saturated carbocycles. The van der Waals surface area contributed by atoms with Gasteiger partial charge in [-0.2, -0.15) is 0 Å². The van der Waals surface area contributed by atoms with Crippen molar-refractivity contribution in [2.24, 2.45) is 0 Å². The van der Waals surface area contributed by atoms with Crippen molar-refractivity contribution in [3.8, 4) is 0 Å². The molecule has 0 aromatic carbocycles. The van der Waals surface area contributed by atoms with Crippen molar-refractivity contribution in [3.05, 3.63) is 23.2 Å². The first-order valence-electron chi connectivity index (χ1n) is 6.08. The fraction of sp³-hybridized carbons (Fsp3) is 0.615. The Kier molecular flexibility index (Phi) is 3.73. The van der Waals surface area contributed by atoms with Gasteiger partial charge in [-0.25, -0.2) is 0 Å². The topological polar surface area (TPSA) is 62.9 Å². The number of carbonyl (C=O) groups excluding carboxylic acids is 1. The number of methoxy groups -OCH3 is 1. The highest BCUT2D eigenvalue weighted by Gasteiger charge is 2.36. The van der Waals surface area contributed by atoms with Crippen LogP contribution in [0, 0.1) is 13.8 Å². The van der Waals surface area contributed by atoms with Crippen LogP contribution >= 0.6 is 0 Å². The van der Waals surface area contributed by atoms with Crippen molar-refractivity contribution in [3.63, 3.8) is 0 Å². The van der Waals surface area contributed by atoms with Gasteiger partial charge in [0, 0.05) is 19.2 Å². The molecule has 100 valence electrons. The summed E-state index contributed by atoms with van der Waals surface area (Å²) in [6.45, 7) is 4.11. The maximum Gasteiger partial charge on any atom is 0.290 e. The summed E-state index contributed by atoms with van der Waals surface area (Å²) >= 11 is 0. The molecule has 1 saturated heterocycles. The Morgan fingerprint density at radius 2 is 2.33 bits per heavy atom. The molecule has 0 aliphatic carbocycles. The molecule has 1 N–H and O–H groups in total. The fourth-order valence-electron chi connectivity index (χ4n) is 2.45. The third-order valence-electron chi connectivity index (χ3n) is 3.42. The van der Waals surface area contributed by atoms with Gasteiger partial charge in [-0.1, -0.05) is 0 Å². The zero-order chi connectivity index (χ0) is 13.3. The van der Waals surface area contributed by atoms with Crippen LogP contribution in [0.3, 0.4) is 0 Å². The van der Waals surface area contributed by atoms with E-state index in [0.29, 0.717) is 18.7 Å². The van der Waals surface area contributed by atoms with Gasteiger partial charge in [-0.05, 0) is 26.3 Å². The van der Waals surface area contributed by atoms with Gasteiger partial charge in [0.05, 0.1) is 18.8 Å². The van der Waals surface area contributed by atoms with Crippen LogP contribution in [-0.4, -0.2) is 48.3 Å². The van der Waals surface area contributed by atoms with Crippen LogP contribution in [-0.2, 0) is 4.74 Å². The lowest BCUT2D eigenvalue weighted by Crippen LogP contribution is -2.38. The third-order valence-corrected chi connectivity index (χ3v) is 3.42. The molecule has 2 rings (SSSR count). The van der Waals surface area contributed by atoms with E-state index in [1.807, 2.05) is 19.9 Å². The van der Waals surface area contributed by atoms with Gasteiger partial charge in [0.25, 0.3) is 5.91 Å². The zero-order valence-corrected chi connectivity index (χ0v) is 11.0. The number of likely N-dealkylation sites (tertiary alicyclic amines) is 1. The van der Waals surface area contributed by atoms with Crippen LogP contribution in [0.4, 0.5) is 0 Å². The van der Waals surface area contributed by atoms with Gasteiger partial charge in [-0.3, -0.25) is 4.79 Å². The third kappa shape index (κ3) is 2.28. The Hall–Kier alpha value is -1.33. The molecular weight excluding hydrogens is 234 g/mol. The fourth-order valence-corrected chi connectivity index (χ4v) is 2.45. The van der Waals surface area contributed by atoms with E-state index in [0.717, 1.165) is 11.3 Å². The Balaban J connectivity index is 2.20. The summed E-state index contributed by atoms with van der Waals surface area (Å²) in [4.78, 5) is 14.0. The normalized spacial score (nSPS) is 23.7. The summed E-state index contributed by atoms with van der Waals surface area (Å²) in [7, 11) is 1.62. The van der Waals surface area contributed by atoms with E-state index in [9.17, 15) is 9.90 Å². The number of aliphatic hydroxyl groups excluding tert-OH is 1. The maximum absolute atomic E-state index is 12.4. The Morgan fingerprint density at radius 3 is 2.83 bits per heavy atom. The van der Waals surface area contributed by atoms with E-state index in [-0.39, 0.29) is 24.7 Å². The number of ether oxygens (including phenoxy) is 1. The molecular formula is C13H19NO4. The monoisotopic (exact) mass is 253 g/mol. The summed E-state index contributed by atoms with van der Waals surface area (Å²) in [5.74, 6) is 0.917. The molecule has 0 radical (unpaired) electrons. The van der Waals surface area contributed by atoms with Gasteiger partial charge in [0.1, 0.15) is 5.76 Å². The lowest BCUT2D eigenvalue weighted by atomic mass is 10.2. The lowest BCUT2D eigenvalue weighted by molar-refractivity contribution is 0.0615. The van der Waals surface area contributed by atoms with E-state index < -0.39 is 0 Å². The van der Waals surface area contributed by atoms with Gasteiger partial charge >= 0.3 is 0 Å². The number of nitrogens with zero attached hydrogens (tertiary/aromatic N) is 1. The molecule has 18 heavy (non-hydrogen) atoms. The summed E-state index contributed by atoms with van der Waals surface area (Å²) in [6, 6.07) is 1.65. The lowest BCUT2D eigenvalue weighted by Gasteiger charge is -2.21. The molecule has 0 spiro atoms. The Labute approximate surface area is 106 Å². The first kappa shape index (κ1) is 13.1. The van der Waals surface area contributed by atoms with Crippen molar-refractivity contribution in [1.29, 1.82) is 0 Å². The van der Waals surface area contributed by atoms with Crippen molar-refractivity contribution in [2.45, 2.75) is 32.4 Å². The van der Waals surface area contributed by atoms with Gasteiger partial charge in [0.15, 0.2) is 5.76 Å². The second-order valence-corrected chi connectivity index (χ2v) is 4.76. The SMILES string of the molecule is CO[C@H]1C[C@@H](CO)N(C(=O)c2oc(C)cc2C)C1. The van der Waals surface area contributed by atoms with E-state index in [4.69, 9.17) is 9.15 Å². The highest BCUT2D eigenvalue weighted by molar-refractivity contribution is 5.93. The molecule has 2 heterocycles. The number of furan rings is 1. The quantitative estimate of drug-likeness (QED) is 0.876. The van der Waals surface area contributed by atoms with E-state index in [2.05, 4.69) is 0 Å².